The van der Waals surface area contributed by atoms with Crippen molar-refractivity contribution in [2.75, 3.05) is 26.2 Å². The molecule has 0 saturated carbocycles. The molecule has 26 heavy (non-hydrogen) atoms. The molecule has 0 bridgehead atoms. The van der Waals surface area contributed by atoms with Crippen molar-refractivity contribution >= 4 is 11.8 Å². The lowest BCUT2D eigenvalue weighted by Crippen LogP contribution is -2.37. The van der Waals surface area contributed by atoms with E-state index in [0.717, 1.165) is 18.4 Å². The van der Waals surface area contributed by atoms with Crippen molar-refractivity contribution in [1.29, 1.82) is 0 Å². The van der Waals surface area contributed by atoms with Gasteiger partial charge in [0.25, 0.3) is 5.91 Å². The second-order valence-electron chi connectivity index (χ2n) is 6.52. The molecule has 3 rings (SSSR count). The zero-order valence-electron chi connectivity index (χ0n) is 14.7. The molecular weight excluding hydrogens is 331 g/mol. The summed E-state index contributed by atoms with van der Waals surface area (Å²) in [6.07, 6.45) is 1.97. The molecule has 0 aliphatic carbocycles. The number of carbonyl (C=O) groups is 2. The Kier molecular flexibility index (Phi) is 6.00. The van der Waals surface area contributed by atoms with Crippen LogP contribution in [0.25, 0.3) is 0 Å². The van der Waals surface area contributed by atoms with Crippen LogP contribution in [0.2, 0.25) is 0 Å². The molecule has 0 unspecified atom stereocenters. The zero-order valence-corrected chi connectivity index (χ0v) is 14.7. The van der Waals surface area contributed by atoms with E-state index in [0.29, 0.717) is 38.2 Å². The number of halogens is 1. The molecular formula is C21H23FN2O2. The summed E-state index contributed by atoms with van der Waals surface area (Å²) in [4.78, 5) is 28.6. The van der Waals surface area contributed by atoms with Crippen LogP contribution in [0.15, 0.2) is 54.6 Å². The fraction of sp³-hybridized carbons (Fsp3) is 0.333. The Hall–Kier alpha value is -2.69. The lowest BCUT2D eigenvalue weighted by molar-refractivity contribution is -0.131. The summed E-state index contributed by atoms with van der Waals surface area (Å²) in [7, 11) is 0. The molecule has 136 valence electrons. The summed E-state index contributed by atoms with van der Waals surface area (Å²) in [6, 6.07) is 15.6. The highest BCUT2D eigenvalue weighted by atomic mass is 19.1. The Morgan fingerprint density at radius 2 is 1.50 bits per heavy atom. The number of benzene rings is 2. The van der Waals surface area contributed by atoms with Crippen molar-refractivity contribution < 1.29 is 14.0 Å². The van der Waals surface area contributed by atoms with E-state index in [1.54, 1.807) is 4.90 Å². The minimum Gasteiger partial charge on any atom is -0.341 e. The number of nitrogens with zero attached hydrogens (tertiary/aromatic N) is 2. The maximum Gasteiger partial charge on any atom is 0.253 e. The van der Waals surface area contributed by atoms with Crippen LogP contribution in [0.1, 0.15) is 28.8 Å². The van der Waals surface area contributed by atoms with Gasteiger partial charge in [0.2, 0.25) is 5.91 Å². The summed E-state index contributed by atoms with van der Waals surface area (Å²) in [6.45, 7) is 2.33. The maximum atomic E-state index is 13.0. The average molecular weight is 354 g/mol. The van der Waals surface area contributed by atoms with E-state index in [1.807, 2.05) is 35.2 Å². The molecule has 0 radical (unpaired) electrons. The van der Waals surface area contributed by atoms with Crippen LogP contribution < -0.4 is 0 Å². The Labute approximate surface area is 153 Å². The Balaban J connectivity index is 1.53. The van der Waals surface area contributed by atoms with Crippen molar-refractivity contribution in [3.8, 4) is 0 Å². The predicted molar refractivity (Wildman–Crippen MR) is 98.3 cm³/mol. The van der Waals surface area contributed by atoms with E-state index in [4.69, 9.17) is 0 Å². The summed E-state index contributed by atoms with van der Waals surface area (Å²) in [5, 5.41) is 0. The predicted octanol–water partition coefficient (Wildman–Crippen LogP) is 3.13. The zero-order chi connectivity index (χ0) is 18.4. The van der Waals surface area contributed by atoms with E-state index in [1.165, 1.54) is 24.3 Å². The molecule has 0 atom stereocenters. The van der Waals surface area contributed by atoms with E-state index in [9.17, 15) is 14.0 Å². The van der Waals surface area contributed by atoms with Gasteiger partial charge in [-0.15, -0.1) is 0 Å². The lowest BCUT2D eigenvalue weighted by atomic mass is 10.1. The van der Waals surface area contributed by atoms with Gasteiger partial charge >= 0.3 is 0 Å². The minimum atomic E-state index is -0.354. The SMILES string of the molecule is O=C(CCc1ccccc1)N1CCCN(C(=O)c2ccc(F)cc2)CC1. The summed E-state index contributed by atoms with van der Waals surface area (Å²) >= 11 is 0. The van der Waals surface area contributed by atoms with Gasteiger partial charge in [0.05, 0.1) is 0 Å². The van der Waals surface area contributed by atoms with E-state index >= 15 is 0 Å². The van der Waals surface area contributed by atoms with Gasteiger partial charge in [-0.3, -0.25) is 9.59 Å². The average Bonchev–Trinajstić information content (AvgIpc) is 2.93. The first-order chi connectivity index (χ1) is 12.6. The number of amides is 2. The number of aryl methyl sites for hydroxylation is 1. The third-order valence-electron chi connectivity index (χ3n) is 4.70. The number of carbonyl (C=O) groups excluding carboxylic acids is 2. The van der Waals surface area contributed by atoms with Crippen molar-refractivity contribution in [2.24, 2.45) is 0 Å². The quantitative estimate of drug-likeness (QED) is 0.846. The van der Waals surface area contributed by atoms with Crippen LogP contribution in [-0.4, -0.2) is 47.8 Å². The van der Waals surface area contributed by atoms with Gasteiger partial charge in [0.15, 0.2) is 0 Å². The molecule has 1 heterocycles. The molecule has 1 fully saturated rings. The second-order valence-corrected chi connectivity index (χ2v) is 6.52. The maximum absolute atomic E-state index is 13.0. The molecule has 0 spiro atoms. The highest BCUT2D eigenvalue weighted by Gasteiger charge is 2.22. The summed E-state index contributed by atoms with van der Waals surface area (Å²) in [5.41, 5.74) is 1.64. The highest BCUT2D eigenvalue weighted by molar-refractivity contribution is 5.94. The van der Waals surface area contributed by atoms with E-state index in [-0.39, 0.29) is 17.6 Å². The lowest BCUT2D eigenvalue weighted by Gasteiger charge is -2.22. The third kappa shape index (κ3) is 4.69. The van der Waals surface area contributed by atoms with Crippen LogP contribution >= 0.6 is 0 Å². The Morgan fingerprint density at radius 3 is 2.23 bits per heavy atom. The molecule has 1 aliphatic rings. The number of rotatable bonds is 4. The van der Waals surface area contributed by atoms with Crippen molar-refractivity contribution in [1.82, 2.24) is 9.80 Å². The van der Waals surface area contributed by atoms with Gasteiger partial charge in [-0.2, -0.15) is 0 Å². The second kappa shape index (κ2) is 8.61. The minimum absolute atomic E-state index is 0.108. The Morgan fingerprint density at radius 1 is 0.846 bits per heavy atom. The van der Waals surface area contributed by atoms with Gasteiger partial charge < -0.3 is 9.80 Å². The van der Waals surface area contributed by atoms with Crippen LogP contribution in [0.4, 0.5) is 4.39 Å². The van der Waals surface area contributed by atoms with Crippen LogP contribution in [-0.2, 0) is 11.2 Å². The van der Waals surface area contributed by atoms with Gasteiger partial charge in [-0.1, -0.05) is 30.3 Å². The van der Waals surface area contributed by atoms with E-state index in [2.05, 4.69) is 0 Å². The smallest absolute Gasteiger partial charge is 0.253 e. The monoisotopic (exact) mass is 354 g/mol. The van der Waals surface area contributed by atoms with Crippen LogP contribution in [0.3, 0.4) is 0 Å². The largest absolute Gasteiger partial charge is 0.341 e. The normalized spacial score (nSPS) is 14.8. The first-order valence-electron chi connectivity index (χ1n) is 9.00. The molecule has 4 nitrogen and oxygen atoms in total. The van der Waals surface area contributed by atoms with Crippen molar-refractivity contribution in [3.05, 3.63) is 71.5 Å². The molecule has 2 amide bonds. The third-order valence-corrected chi connectivity index (χ3v) is 4.70. The fourth-order valence-corrected chi connectivity index (χ4v) is 3.20. The molecule has 1 aliphatic heterocycles. The molecule has 0 N–H and O–H groups in total. The first kappa shape index (κ1) is 18.1. The molecule has 2 aromatic rings. The summed E-state index contributed by atoms with van der Waals surface area (Å²) in [5.74, 6) is -0.332. The van der Waals surface area contributed by atoms with E-state index < -0.39 is 0 Å². The van der Waals surface area contributed by atoms with Crippen LogP contribution in [0.5, 0.6) is 0 Å². The number of hydrogen-bond donors (Lipinski definition) is 0. The molecule has 2 aromatic carbocycles. The molecule has 0 aromatic heterocycles. The van der Waals surface area contributed by atoms with Gasteiger partial charge in [0.1, 0.15) is 5.82 Å². The van der Waals surface area contributed by atoms with Crippen molar-refractivity contribution in [3.63, 3.8) is 0 Å². The van der Waals surface area contributed by atoms with Crippen LogP contribution in [0, 0.1) is 5.82 Å². The first-order valence-corrected chi connectivity index (χ1v) is 9.00. The summed E-state index contributed by atoms with van der Waals surface area (Å²) < 4.78 is 13.0. The number of hydrogen-bond acceptors (Lipinski definition) is 2. The van der Waals surface area contributed by atoms with Crippen molar-refractivity contribution in [2.45, 2.75) is 19.3 Å². The highest BCUT2D eigenvalue weighted by Crippen LogP contribution is 2.12. The van der Waals surface area contributed by atoms with Gasteiger partial charge in [-0.05, 0) is 42.7 Å². The topological polar surface area (TPSA) is 40.6 Å². The van der Waals surface area contributed by atoms with Gasteiger partial charge in [-0.25, -0.2) is 4.39 Å². The van der Waals surface area contributed by atoms with Gasteiger partial charge in [0, 0.05) is 38.2 Å². The molecule has 5 heteroatoms. The standard InChI is InChI=1S/C21H23FN2O2/c22-19-10-8-18(9-11-19)21(26)24-14-4-13-23(15-16-24)20(25)12-7-17-5-2-1-3-6-17/h1-3,5-6,8-11H,4,7,12-16H2. The Bertz CT molecular complexity index is 746. The fourth-order valence-electron chi connectivity index (χ4n) is 3.20. The molecule has 1 saturated heterocycles.